The Balaban J connectivity index is 2.26. The average molecular weight is 299 g/mol. The Morgan fingerprint density at radius 3 is 2.37 bits per heavy atom. The third-order valence-electron chi connectivity index (χ3n) is 2.77. The Labute approximate surface area is 121 Å². The summed E-state index contributed by atoms with van der Waals surface area (Å²) in [6.45, 7) is 1.90. The van der Waals surface area contributed by atoms with Gasteiger partial charge >= 0.3 is 0 Å². The lowest BCUT2D eigenvalue weighted by molar-refractivity contribution is 0.623. The van der Waals surface area contributed by atoms with Gasteiger partial charge in [-0.25, -0.2) is 4.39 Å². The molecule has 0 aromatic heterocycles. The lowest BCUT2D eigenvalue weighted by Gasteiger charge is -2.18. The van der Waals surface area contributed by atoms with Crippen LogP contribution in [0.25, 0.3) is 0 Å². The number of nitrogens with two attached hydrogens (primary N) is 1. The van der Waals surface area contributed by atoms with Gasteiger partial charge in [0.1, 0.15) is 5.82 Å². The highest BCUT2D eigenvalue weighted by molar-refractivity contribution is 6.39. The Hall–Kier alpha value is -1.45. The van der Waals surface area contributed by atoms with Gasteiger partial charge in [-0.15, -0.1) is 0 Å². The van der Waals surface area contributed by atoms with Crippen molar-refractivity contribution in [3.8, 4) is 0 Å². The summed E-state index contributed by atoms with van der Waals surface area (Å²) >= 11 is 12.2. The Bertz CT molecular complexity index is 579. The maximum atomic E-state index is 13.2. The van der Waals surface area contributed by atoms with Crippen LogP contribution in [0.3, 0.4) is 0 Å². The van der Waals surface area contributed by atoms with Crippen LogP contribution in [0.4, 0.5) is 15.8 Å². The van der Waals surface area contributed by atoms with E-state index in [4.69, 9.17) is 28.9 Å². The molecule has 0 radical (unpaired) electrons. The molecule has 1 unspecified atom stereocenters. The number of anilines is 2. The number of nitrogens with one attached hydrogen (secondary N) is 1. The predicted octanol–water partition coefficient (Wildman–Crippen LogP) is 4.89. The summed E-state index contributed by atoms with van der Waals surface area (Å²) in [4.78, 5) is 0. The second-order valence-corrected chi connectivity index (χ2v) is 5.09. The molecule has 5 heteroatoms. The Kier molecular flexibility index (Phi) is 4.17. The zero-order chi connectivity index (χ0) is 14.0. The van der Waals surface area contributed by atoms with Crippen LogP contribution in [0.5, 0.6) is 0 Å². The van der Waals surface area contributed by atoms with E-state index in [1.807, 2.05) is 13.0 Å². The molecule has 1 atom stereocenters. The fourth-order valence-corrected chi connectivity index (χ4v) is 2.42. The summed E-state index contributed by atoms with van der Waals surface area (Å²) < 4.78 is 13.2. The van der Waals surface area contributed by atoms with Crippen molar-refractivity contribution < 1.29 is 4.39 Å². The summed E-state index contributed by atoms with van der Waals surface area (Å²) in [5.41, 5.74) is 7.54. The van der Waals surface area contributed by atoms with Gasteiger partial charge in [0.05, 0.1) is 15.7 Å². The van der Waals surface area contributed by atoms with Gasteiger partial charge in [-0.05, 0) is 36.8 Å². The summed E-state index contributed by atoms with van der Waals surface area (Å²) in [6, 6.07) is 9.47. The highest BCUT2D eigenvalue weighted by Crippen LogP contribution is 2.35. The van der Waals surface area contributed by atoms with Gasteiger partial charge in [-0.1, -0.05) is 35.3 Å². The van der Waals surface area contributed by atoms with Crippen LogP contribution in [0, 0.1) is 5.82 Å². The molecule has 0 aliphatic rings. The van der Waals surface area contributed by atoms with Gasteiger partial charge in [0.25, 0.3) is 0 Å². The molecule has 0 saturated carbocycles. The first-order chi connectivity index (χ1) is 8.97. The van der Waals surface area contributed by atoms with Crippen LogP contribution in [0.15, 0.2) is 36.4 Å². The van der Waals surface area contributed by atoms with Crippen molar-refractivity contribution in [3.63, 3.8) is 0 Å². The quantitative estimate of drug-likeness (QED) is 0.792. The molecule has 0 amide bonds. The molecule has 0 bridgehead atoms. The first kappa shape index (κ1) is 14.0. The van der Waals surface area contributed by atoms with Gasteiger partial charge in [0.15, 0.2) is 0 Å². The van der Waals surface area contributed by atoms with Crippen molar-refractivity contribution in [2.24, 2.45) is 0 Å². The number of halogens is 3. The maximum absolute atomic E-state index is 13.2. The molecule has 2 rings (SSSR count). The smallest absolute Gasteiger partial charge is 0.123 e. The Morgan fingerprint density at radius 2 is 1.79 bits per heavy atom. The largest absolute Gasteiger partial charge is 0.399 e. The van der Waals surface area contributed by atoms with Gasteiger partial charge in [0.2, 0.25) is 0 Å². The van der Waals surface area contributed by atoms with Crippen LogP contribution >= 0.6 is 23.2 Å². The van der Waals surface area contributed by atoms with E-state index in [0.29, 0.717) is 21.4 Å². The molecule has 0 heterocycles. The molecule has 0 spiro atoms. The molecule has 100 valence electrons. The highest BCUT2D eigenvalue weighted by Gasteiger charge is 2.12. The first-order valence-electron chi connectivity index (χ1n) is 5.74. The average Bonchev–Trinajstić information content (AvgIpc) is 2.33. The fourth-order valence-electron chi connectivity index (χ4n) is 1.81. The van der Waals surface area contributed by atoms with E-state index < -0.39 is 0 Å². The molecule has 0 fully saturated rings. The van der Waals surface area contributed by atoms with Crippen molar-refractivity contribution in [3.05, 3.63) is 57.8 Å². The van der Waals surface area contributed by atoms with Crippen LogP contribution in [0.2, 0.25) is 10.0 Å². The maximum Gasteiger partial charge on any atom is 0.123 e. The van der Waals surface area contributed by atoms with Crippen molar-refractivity contribution in [1.82, 2.24) is 0 Å². The SMILES string of the molecule is CC(Nc1c(Cl)cc(N)cc1Cl)c1cccc(F)c1. The number of benzene rings is 2. The molecule has 0 saturated heterocycles. The fraction of sp³-hybridized carbons (Fsp3) is 0.143. The van der Waals surface area contributed by atoms with Crippen LogP contribution in [-0.2, 0) is 0 Å². The standard InChI is InChI=1S/C14H13Cl2FN2/c1-8(9-3-2-4-10(17)5-9)19-14-12(15)6-11(18)7-13(14)16/h2-8,19H,18H2,1H3. The van der Waals surface area contributed by atoms with E-state index in [2.05, 4.69) is 5.32 Å². The molecular weight excluding hydrogens is 286 g/mol. The number of hydrogen-bond acceptors (Lipinski definition) is 2. The first-order valence-corrected chi connectivity index (χ1v) is 6.49. The molecule has 0 aliphatic carbocycles. The van der Waals surface area contributed by atoms with E-state index in [9.17, 15) is 4.39 Å². The highest BCUT2D eigenvalue weighted by atomic mass is 35.5. The van der Waals surface area contributed by atoms with Crippen LogP contribution < -0.4 is 11.1 Å². The number of nitrogen functional groups attached to an aromatic ring is 1. The summed E-state index contributed by atoms with van der Waals surface area (Å²) in [5.74, 6) is -0.277. The van der Waals surface area contributed by atoms with Crippen molar-refractivity contribution in [1.29, 1.82) is 0 Å². The van der Waals surface area contributed by atoms with Crippen molar-refractivity contribution in [2.45, 2.75) is 13.0 Å². The number of hydrogen-bond donors (Lipinski definition) is 2. The minimum Gasteiger partial charge on any atom is -0.399 e. The minimum atomic E-state index is -0.277. The number of rotatable bonds is 3. The third-order valence-corrected chi connectivity index (χ3v) is 3.37. The van der Waals surface area contributed by atoms with Crippen LogP contribution in [-0.4, -0.2) is 0 Å². The lowest BCUT2D eigenvalue weighted by Crippen LogP contribution is -2.08. The second-order valence-electron chi connectivity index (χ2n) is 4.28. The molecule has 2 aromatic carbocycles. The van der Waals surface area contributed by atoms with Gasteiger partial charge in [-0.3, -0.25) is 0 Å². The third kappa shape index (κ3) is 3.31. The summed E-state index contributed by atoms with van der Waals surface area (Å²) in [6.07, 6.45) is 0. The van der Waals surface area contributed by atoms with Gasteiger partial charge < -0.3 is 11.1 Å². The summed E-state index contributed by atoms with van der Waals surface area (Å²) in [5, 5.41) is 4.04. The van der Waals surface area contributed by atoms with E-state index in [1.165, 1.54) is 12.1 Å². The van der Waals surface area contributed by atoms with Gasteiger partial charge in [-0.2, -0.15) is 0 Å². The zero-order valence-corrected chi connectivity index (χ0v) is 11.8. The zero-order valence-electron chi connectivity index (χ0n) is 10.3. The molecule has 3 N–H and O–H groups in total. The molecule has 0 aliphatic heterocycles. The van der Waals surface area contributed by atoms with E-state index in [0.717, 1.165) is 5.56 Å². The van der Waals surface area contributed by atoms with Crippen molar-refractivity contribution in [2.75, 3.05) is 11.1 Å². The van der Waals surface area contributed by atoms with E-state index >= 15 is 0 Å². The van der Waals surface area contributed by atoms with Gasteiger partial charge in [0, 0.05) is 11.7 Å². The second kappa shape index (κ2) is 5.68. The lowest BCUT2D eigenvalue weighted by atomic mass is 10.1. The topological polar surface area (TPSA) is 38.0 Å². The van der Waals surface area contributed by atoms with E-state index in [-0.39, 0.29) is 11.9 Å². The normalized spacial score (nSPS) is 12.2. The molecule has 2 nitrogen and oxygen atoms in total. The van der Waals surface area contributed by atoms with E-state index in [1.54, 1.807) is 18.2 Å². The van der Waals surface area contributed by atoms with Crippen LogP contribution in [0.1, 0.15) is 18.5 Å². The van der Waals surface area contributed by atoms with Crippen molar-refractivity contribution >= 4 is 34.6 Å². The summed E-state index contributed by atoms with van der Waals surface area (Å²) in [7, 11) is 0. The molecule has 19 heavy (non-hydrogen) atoms. The molecule has 2 aromatic rings. The predicted molar refractivity (Wildman–Crippen MR) is 79.3 cm³/mol. The minimum absolute atomic E-state index is 0.130. The Morgan fingerprint density at radius 1 is 1.16 bits per heavy atom. The molecular formula is C14H13Cl2FN2. The monoisotopic (exact) mass is 298 g/mol.